The number of likely N-dealkylation sites (tertiary alicyclic amines) is 1. The number of hydrogen-bond donors (Lipinski definition) is 3. The van der Waals surface area contributed by atoms with Crippen molar-refractivity contribution in [1.82, 2.24) is 5.32 Å². The van der Waals surface area contributed by atoms with Gasteiger partial charge in [0, 0.05) is 36.0 Å². The molecule has 31 heavy (non-hydrogen) atoms. The number of ether oxygens (including phenoxy) is 1. The topological polar surface area (TPSA) is 87.7 Å². The fourth-order valence-corrected chi connectivity index (χ4v) is 5.56. The molecule has 8 heteroatoms. The quantitative estimate of drug-likeness (QED) is 0.616. The summed E-state index contributed by atoms with van der Waals surface area (Å²) >= 11 is 6.37. The minimum Gasteiger partial charge on any atom is -0.496 e. The number of methoxy groups -OCH3 is 1. The molecule has 2 amide bonds. The van der Waals surface area contributed by atoms with Gasteiger partial charge in [-0.1, -0.05) is 29.8 Å². The fourth-order valence-electron chi connectivity index (χ4n) is 5.39. The number of rotatable bonds is 5. The summed E-state index contributed by atoms with van der Waals surface area (Å²) in [5.41, 5.74) is 1.05. The molecule has 2 unspecified atom stereocenters. The molecule has 1 fully saturated rings. The van der Waals surface area contributed by atoms with E-state index in [9.17, 15) is 14.7 Å². The number of carbonyl (C=O) groups excluding carboxylic acids is 2. The Balaban J connectivity index is 1.98. The van der Waals surface area contributed by atoms with Gasteiger partial charge >= 0.3 is 0 Å². The second kappa shape index (κ2) is 7.82. The molecule has 0 bridgehead atoms. The predicted octanol–water partition coefficient (Wildman–Crippen LogP) is 2.06. The van der Waals surface area contributed by atoms with Crippen molar-refractivity contribution in [2.75, 3.05) is 33.1 Å². The van der Waals surface area contributed by atoms with Crippen LogP contribution in [-0.4, -0.2) is 61.3 Å². The van der Waals surface area contributed by atoms with E-state index in [0.717, 1.165) is 11.1 Å². The maximum Gasteiger partial charge on any atom is 0.291 e. The molecule has 0 saturated carbocycles. The summed E-state index contributed by atoms with van der Waals surface area (Å²) < 4.78 is 5.60. The Kier molecular flexibility index (Phi) is 5.45. The third-order valence-electron chi connectivity index (χ3n) is 6.88. The van der Waals surface area contributed by atoms with Gasteiger partial charge in [-0.15, -0.1) is 0 Å². The average molecular weight is 445 g/mol. The molecule has 2 aromatic rings. The van der Waals surface area contributed by atoms with Crippen LogP contribution in [0.2, 0.25) is 5.02 Å². The van der Waals surface area contributed by atoms with E-state index in [1.807, 2.05) is 31.3 Å². The lowest BCUT2D eigenvalue weighted by Crippen LogP contribution is -2.69. The number of amides is 2. The zero-order valence-electron chi connectivity index (χ0n) is 17.8. The molecular formula is C23H27ClN3O4+. The van der Waals surface area contributed by atoms with Crippen LogP contribution in [0.4, 0.5) is 5.69 Å². The summed E-state index contributed by atoms with van der Waals surface area (Å²) in [4.78, 5) is 26.7. The molecule has 164 valence electrons. The largest absolute Gasteiger partial charge is 0.496 e. The maximum atomic E-state index is 13.8. The number of benzene rings is 2. The van der Waals surface area contributed by atoms with Gasteiger partial charge in [0.05, 0.1) is 19.8 Å². The molecule has 2 heterocycles. The van der Waals surface area contributed by atoms with Gasteiger partial charge in [-0.05, 0) is 24.3 Å². The minimum atomic E-state index is -1.18. The van der Waals surface area contributed by atoms with E-state index in [0.29, 0.717) is 16.5 Å². The van der Waals surface area contributed by atoms with Crippen LogP contribution in [0.1, 0.15) is 17.5 Å². The van der Waals surface area contributed by atoms with E-state index < -0.39 is 17.7 Å². The number of aliphatic hydroxyl groups excluding tert-OH is 1. The van der Waals surface area contributed by atoms with Crippen LogP contribution in [0.25, 0.3) is 0 Å². The zero-order valence-corrected chi connectivity index (χ0v) is 18.6. The molecule has 4 rings (SSSR count). The molecule has 2 aromatic carbocycles. The number of carbonyl (C=O) groups is 2. The van der Waals surface area contributed by atoms with Crippen molar-refractivity contribution in [1.29, 1.82) is 0 Å². The van der Waals surface area contributed by atoms with Gasteiger partial charge < -0.3 is 20.5 Å². The number of aliphatic hydroxyl groups is 1. The number of halogens is 1. The number of nitrogens with one attached hydrogen (secondary N) is 2. The number of likely N-dealkylation sites (N-methyl/N-ethyl adjacent to an activating group) is 2. The summed E-state index contributed by atoms with van der Waals surface area (Å²) in [7, 11) is 5.04. The van der Waals surface area contributed by atoms with E-state index in [2.05, 4.69) is 10.6 Å². The molecule has 2 aliphatic rings. The molecule has 0 radical (unpaired) electrons. The average Bonchev–Trinajstić information content (AvgIpc) is 3.22. The van der Waals surface area contributed by atoms with E-state index >= 15 is 0 Å². The fraction of sp³-hybridized carbons (Fsp3) is 0.391. The molecule has 3 N–H and O–H groups in total. The minimum absolute atomic E-state index is 0.0328. The summed E-state index contributed by atoms with van der Waals surface area (Å²) in [6.45, 7) is 0.257. The van der Waals surface area contributed by atoms with Crippen LogP contribution >= 0.6 is 11.6 Å². The van der Waals surface area contributed by atoms with Crippen molar-refractivity contribution in [2.24, 2.45) is 0 Å². The smallest absolute Gasteiger partial charge is 0.291 e. The van der Waals surface area contributed by atoms with Crippen LogP contribution in [0.15, 0.2) is 42.5 Å². The van der Waals surface area contributed by atoms with Gasteiger partial charge in [-0.2, -0.15) is 0 Å². The first-order valence-electron chi connectivity index (χ1n) is 10.2. The predicted molar refractivity (Wildman–Crippen MR) is 118 cm³/mol. The SMILES string of the molecule is CNC(=O)[C@@H]1C[C@@H](O)C[N+]1(C)C1(Cc2ccccc2OC)C(=O)Nc2ccc(Cl)cc21. The van der Waals surface area contributed by atoms with Crippen molar-refractivity contribution >= 4 is 29.1 Å². The molecule has 4 atom stereocenters. The number of anilines is 1. The van der Waals surface area contributed by atoms with Crippen molar-refractivity contribution < 1.29 is 23.9 Å². The van der Waals surface area contributed by atoms with E-state index in [-0.39, 0.29) is 35.7 Å². The highest BCUT2D eigenvalue weighted by Crippen LogP contribution is 2.51. The molecule has 0 aliphatic carbocycles. The second-order valence-electron chi connectivity index (χ2n) is 8.46. The molecule has 7 nitrogen and oxygen atoms in total. The lowest BCUT2D eigenvalue weighted by molar-refractivity contribution is -0.959. The zero-order chi connectivity index (χ0) is 22.4. The highest BCUT2D eigenvalue weighted by Gasteiger charge is 2.67. The maximum absolute atomic E-state index is 13.8. The van der Waals surface area contributed by atoms with Crippen LogP contribution < -0.4 is 15.4 Å². The van der Waals surface area contributed by atoms with Gasteiger partial charge in [-0.25, -0.2) is 0 Å². The first-order chi connectivity index (χ1) is 14.8. The third-order valence-corrected chi connectivity index (χ3v) is 7.12. The van der Waals surface area contributed by atoms with E-state index in [1.54, 1.807) is 32.4 Å². The number of nitrogens with zero attached hydrogens (tertiary/aromatic N) is 1. The third kappa shape index (κ3) is 3.19. The number of para-hydroxylation sites is 1. The summed E-state index contributed by atoms with van der Waals surface area (Å²) in [6.07, 6.45) is -0.155. The van der Waals surface area contributed by atoms with E-state index in [4.69, 9.17) is 16.3 Å². The molecule has 0 aromatic heterocycles. The van der Waals surface area contributed by atoms with Gasteiger partial charge in [0.1, 0.15) is 18.4 Å². The molecule has 2 aliphatic heterocycles. The highest BCUT2D eigenvalue weighted by atomic mass is 35.5. The Morgan fingerprint density at radius 3 is 2.81 bits per heavy atom. The first kappa shape index (κ1) is 21.6. The second-order valence-corrected chi connectivity index (χ2v) is 8.90. The summed E-state index contributed by atoms with van der Waals surface area (Å²) in [5.74, 6) is 0.232. The van der Waals surface area contributed by atoms with Crippen molar-refractivity contribution in [2.45, 2.75) is 30.5 Å². The van der Waals surface area contributed by atoms with Crippen LogP contribution in [0, 0.1) is 0 Å². The number of fused-ring (bicyclic) bond motifs is 1. The van der Waals surface area contributed by atoms with Crippen molar-refractivity contribution in [3.05, 3.63) is 58.6 Å². The monoisotopic (exact) mass is 444 g/mol. The lowest BCUT2D eigenvalue weighted by atomic mass is 9.80. The highest BCUT2D eigenvalue weighted by molar-refractivity contribution is 6.31. The van der Waals surface area contributed by atoms with Gasteiger partial charge in [0.15, 0.2) is 6.04 Å². The summed E-state index contributed by atoms with van der Waals surface area (Å²) in [5, 5.41) is 16.8. The number of hydrogen-bond acceptors (Lipinski definition) is 4. The lowest BCUT2D eigenvalue weighted by Gasteiger charge is -2.48. The van der Waals surface area contributed by atoms with Crippen molar-refractivity contribution in [3.63, 3.8) is 0 Å². The Labute approximate surface area is 186 Å². The Bertz CT molecular complexity index is 1050. The number of quaternary nitrogens is 1. The Morgan fingerprint density at radius 2 is 2.10 bits per heavy atom. The Hall–Kier alpha value is -2.61. The molecular weight excluding hydrogens is 418 g/mol. The van der Waals surface area contributed by atoms with Crippen LogP contribution in [0.5, 0.6) is 5.75 Å². The standard InChI is InChI=1S/C23H26ClN3O4/c1-25-21(29)19-11-16(28)13-27(19,2)23(12-14-6-4-5-7-20(14)31-3)17-10-15(24)8-9-18(17)26-22(23)30/h4-10,16,19,28H,11-13H2,1-3H3,(H-,25,26,29,30)/p+1/t16-,19+,23?,27?/m1/s1. The van der Waals surface area contributed by atoms with Crippen molar-refractivity contribution in [3.8, 4) is 5.75 Å². The van der Waals surface area contributed by atoms with Crippen LogP contribution in [-0.2, 0) is 21.5 Å². The molecule has 1 saturated heterocycles. The van der Waals surface area contributed by atoms with E-state index in [1.165, 1.54) is 0 Å². The van der Waals surface area contributed by atoms with Gasteiger partial charge in [0.25, 0.3) is 11.8 Å². The Morgan fingerprint density at radius 1 is 1.35 bits per heavy atom. The van der Waals surface area contributed by atoms with Gasteiger partial charge in [-0.3, -0.25) is 14.1 Å². The normalized spacial score (nSPS) is 29.4. The first-order valence-corrected chi connectivity index (χ1v) is 10.6. The van der Waals surface area contributed by atoms with Crippen LogP contribution in [0.3, 0.4) is 0 Å². The molecule has 0 spiro atoms. The summed E-state index contributed by atoms with van der Waals surface area (Å²) in [6, 6.07) is 12.2. The van der Waals surface area contributed by atoms with Gasteiger partial charge in [0.2, 0.25) is 5.54 Å².